The SMILES string of the molecule is COC(=O)c1ccc(OC)cc1OCCCCN1C(=O)c2ccccc2C1=O. The van der Waals surface area contributed by atoms with Gasteiger partial charge in [0.1, 0.15) is 17.1 Å². The summed E-state index contributed by atoms with van der Waals surface area (Å²) in [7, 11) is 2.83. The third kappa shape index (κ3) is 3.83. The Morgan fingerprint density at radius 2 is 1.64 bits per heavy atom. The maximum atomic E-state index is 12.3. The van der Waals surface area contributed by atoms with Gasteiger partial charge in [-0.05, 0) is 37.1 Å². The van der Waals surface area contributed by atoms with Crippen LogP contribution in [0.5, 0.6) is 11.5 Å². The van der Waals surface area contributed by atoms with E-state index in [2.05, 4.69) is 0 Å². The van der Waals surface area contributed by atoms with Gasteiger partial charge in [-0.15, -0.1) is 0 Å². The van der Waals surface area contributed by atoms with Crippen LogP contribution in [0.4, 0.5) is 0 Å². The molecule has 1 aliphatic rings. The molecule has 28 heavy (non-hydrogen) atoms. The highest BCUT2D eigenvalue weighted by atomic mass is 16.5. The van der Waals surface area contributed by atoms with Crippen LogP contribution in [0.25, 0.3) is 0 Å². The van der Waals surface area contributed by atoms with E-state index < -0.39 is 5.97 Å². The average Bonchev–Trinajstić information content (AvgIpc) is 2.97. The first-order valence-electron chi connectivity index (χ1n) is 8.91. The molecule has 0 saturated heterocycles. The Labute approximate surface area is 162 Å². The van der Waals surface area contributed by atoms with E-state index in [0.717, 1.165) is 0 Å². The zero-order valence-electron chi connectivity index (χ0n) is 15.8. The van der Waals surface area contributed by atoms with E-state index in [9.17, 15) is 14.4 Å². The molecular formula is C21H21NO6. The number of hydrogen-bond donors (Lipinski definition) is 0. The van der Waals surface area contributed by atoms with Crippen molar-refractivity contribution < 1.29 is 28.6 Å². The Morgan fingerprint density at radius 3 is 2.25 bits per heavy atom. The molecule has 146 valence electrons. The summed E-state index contributed by atoms with van der Waals surface area (Å²) >= 11 is 0. The highest BCUT2D eigenvalue weighted by Crippen LogP contribution is 2.26. The van der Waals surface area contributed by atoms with E-state index in [1.54, 1.807) is 42.5 Å². The Kier molecular flexibility index (Phi) is 5.93. The van der Waals surface area contributed by atoms with E-state index >= 15 is 0 Å². The van der Waals surface area contributed by atoms with E-state index in [0.29, 0.717) is 54.2 Å². The van der Waals surface area contributed by atoms with E-state index in [4.69, 9.17) is 14.2 Å². The molecule has 0 N–H and O–H groups in total. The van der Waals surface area contributed by atoms with Gasteiger partial charge in [-0.1, -0.05) is 12.1 Å². The lowest BCUT2D eigenvalue weighted by Crippen LogP contribution is -2.30. The fourth-order valence-electron chi connectivity index (χ4n) is 3.02. The monoisotopic (exact) mass is 383 g/mol. The van der Waals surface area contributed by atoms with Crippen LogP contribution >= 0.6 is 0 Å². The maximum Gasteiger partial charge on any atom is 0.341 e. The minimum atomic E-state index is -0.497. The number of rotatable bonds is 8. The standard InChI is InChI=1S/C21H21NO6/c1-26-14-9-10-17(21(25)27-2)18(13-14)28-12-6-5-11-22-19(23)15-7-3-4-8-16(15)20(22)24/h3-4,7-10,13H,5-6,11-12H2,1-2H3. The number of imide groups is 1. The van der Waals surface area contributed by atoms with Crippen LogP contribution in [0.1, 0.15) is 43.9 Å². The second-order valence-electron chi connectivity index (χ2n) is 6.22. The lowest BCUT2D eigenvalue weighted by Gasteiger charge is -2.14. The number of carbonyl (C=O) groups is 3. The minimum absolute atomic E-state index is 0.262. The Hall–Kier alpha value is -3.35. The average molecular weight is 383 g/mol. The topological polar surface area (TPSA) is 82.1 Å². The Morgan fingerprint density at radius 1 is 0.964 bits per heavy atom. The number of carbonyl (C=O) groups excluding carboxylic acids is 3. The van der Waals surface area contributed by atoms with Gasteiger partial charge < -0.3 is 14.2 Å². The first-order valence-corrected chi connectivity index (χ1v) is 8.91. The van der Waals surface area contributed by atoms with Crippen molar-refractivity contribution in [1.29, 1.82) is 0 Å². The molecule has 0 radical (unpaired) electrons. The van der Waals surface area contributed by atoms with Crippen LogP contribution in [0.3, 0.4) is 0 Å². The molecule has 2 aromatic carbocycles. The fraction of sp³-hybridized carbons (Fsp3) is 0.286. The molecule has 2 aromatic rings. The number of methoxy groups -OCH3 is 2. The highest BCUT2D eigenvalue weighted by Gasteiger charge is 2.34. The van der Waals surface area contributed by atoms with E-state index in [1.165, 1.54) is 19.1 Å². The van der Waals surface area contributed by atoms with Crippen LogP contribution in [-0.2, 0) is 4.74 Å². The smallest absolute Gasteiger partial charge is 0.341 e. The summed E-state index contributed by atoms with van der Waals surface area (Å²) in [4.78, 5) is 37.8. The zero-order chi connectivity index (χ0) is 20.1. The number of hydrogen-bond acceptors (Lipinski definition) is 6. The third-order valence-corrected chi connectivity index (χ3v) is 4.51. The second kappa shape index (κ2) is 8.56. The lowest BCUT2D eigenvalue weighted by atomic mass is 10.1. The zero-order valence-corrected chi connectivity index (χ0v) is 15.8. The number of ether oxygens (including phenoxy) is 3. The number of fused-ring (bicyclic) bond motifs is 1. The quantitative estimate of drug-likeness (QED) is 0.396. The Balaban J connectivity index is 1.54. The van der Waals surface area contributed by atoms with Crippen molar-refractivity contribution in [1.82, 2.24) is 4.90 Å². The summed E-state index contributed by atoms with van der Waals surface area (Å²) in [5.74, 6) is -0.0890. The molecule has 0 unspecified atom stereocenters. The van der Waals surface area contributed by atoms with Crippen molar-refractivity contribution in [3.05, 3.63) is 59.2 Å². The maximum absolute atomic E-state index is 12.3. The summed E-state index contributed by atoms with van der Waals surface area (Å²) in [5, 5.41) is 0. The largest absolute Gasteiger partial charge is 0.497 e. The summed E-state index contributed by atoms with van der Waals surface area (Å²) in [5.41, 5.74) is 1.20. The van der Waals surface area contributed by atoms with E-state index in [1.807, 2.05) is 0 Å². The second-order valence-corrected chi connectivity index (χ2v) is 6.22. The molecule has 1 heterocycles. The van der Waals surface area contributed by atoms with Gasteiger partial charge >= 0.3 is 5.97 Å². The van der Waals surface area contributed by atoms with Gasteiger partial charge in [0.25, 0.3) is 11.8 Å². The summed E-state index contributed by atoms with van der Waals surface area (Å²) in [6, 6.07) is 11.7. The molecule has 0 aromatic heterocycles. The minimum Gasteiger partial charge on any atom is -0.497 e. The van der Waals surface area contributed by atoms with Crippen molar-refractivity contribution in [2.24, 2.45) is 0 Å². The molecule has 0 atom stereocenters. The molecule has 7 heteroatoms. The predicted octanol–water partition coefficient (Wildman–Crippen LogP) is 2.94. The van der Waals surface area contributed by atoms with Crippen LogP contribution in [-0.4, -0.2) is 50.1 Å². The van der Waals surface area contributed by atoms with Crippen LogP contribution in [0.2, 0.25) is 0 Å². The summed E-state index contributed by atoms with van der Waals surface area (Å²) < 4.78 is 15.6. The molecule has 3 rings (SSSR count). The highest BCUT2D eigenvalue weighted by molar-refractivity contribution is 6.21. The van der Waals surface area contributed by atoms with Gasteiger partial charge in [-0.25, -0.2) is 4.79 Å². The first-order chi connectivity index (χ1) is 13.6. The Bertz CT molecular complexity index is 873. The van der Waals surface area contributed by atoms with Gasteiger partial charge in [0.2, 0.25) is 0 Å². The summed E-state index contributed by atoms with van der Waals surface area (Å²) in [6.45, 7) is 0.637. The van der Waals surface area contributed by atoms with Gasteiger partial charge in [0.15, 0.2) is 0 Å². The lowest BCUT2D eigenvalue weighted by molar-refractivity contribution is 0.0591. The van der Waals surface area contributed by atoms with Crippen molar-refractivity contribution in [3.63, 3.8) is 0 Å². The molecule has 1 aliphatic heterocycles. The number of amides is 2. The summed E-state index contributed by atoms with van der Waals surface area (Å²) in [6.07, 6.45) is 1.19. The van der Waals surface area contributed by atoms with Crippen LogP contribution in [0, 0.1) is 0 Å². The van der Waals surface area contributed by atoms with Crippen molar-refractivity contribution in [2.45, 2.75) is 12.8 Å². The molecule has 0 aliphatic carbocycles. The van der Waals surface area contributed by atoms with Crippen LogP contribution < -0.4 is 9.47 Å². The number of esters is 1. The van der Waals surface area contributed by atoms with Crippen molar-refractivity contribution in [3.8, 4) is 11.5 Å². The normalized spacial score (nSPS) is 12.7. The molecule has 0 spiro atoms. The first kappa shape index (κ1) is 19.4. The third-order valence-electron chi connectivity index (χ3n) is 4.51. The molecule has 2 amide bonds. The predicted molar refractivity (Wildman–Crippen MR) is 101 cm³/mol. The van der Waals surface area contributed by atoms with Gasteiger partial charge in [-0.3, -0.25) is 14.5 Å². The number of nitrogens with zero attached hydrogens (tertiary/aromatic N) is 1. The van der Waals surface area contributed by atoms with Crippen molar-refractivity contribution in [2.75, 3.05) is 27.4 Å². The van der Waals surface area contributed by atoms with Crippen molar-refractivity contribution >= 4 is 17.8 Å². The molecule has 0 fully saturated rings. The molecule has 7 nitrogen and oxygen atoms in total. The number of unbranched alkanes of at least 4 members (excludes halogenated alkanes) is 1. The molecule has 0 bridgehead atoms. The molecular weight excluding hydrogens is 362 g/mol. The molecule has 0 saturated carbocycles. The van der Waals surface area contributed by atoms with E-state index in [-0.39, 0.29) is 11.8 Å². The van der Waals surface area contributed by atoms with Gasteiger partial charge in [-0.2, -0.15) is 0 Å². The van der Waals surface area contributed by atoms with Crippen LogP contribution in [0.15, 0.2) is 42.5 Å². The van der Waals surface area contributed by atoms with Gasteiger partial charge in [0.05, 0.1) is 32.0 Å². The fourth-order valence-corrected chi connectivity index (χ4v) is 3.02. The number of benzene rings is 2. The van der Waals surface area contributed by atoms with Gasteiger partial charge in [0, 0.05) is 12.6 Å².